The molecule has 0 atom stereocenters. The maximum Gasteiger partial charge on any atom is 0.321 e. The first-order valence-corrected chi connectivity index (χ1v) is 11.1. The number of nitrogens with zero attached hydrogens (tertiary/aromatic N) is 1. The summed E-state index contributed by atoms with van der Waals surface area (Å²) in [5.41, 5.74) is 3.06. The van der Waals surface area contributed by atoms with Crippen molar-refractivity contribution >= 4 is 21.7 Å². The molecular weight excluding hydrogens is 390 g/mol. The van der Waals surface area contributed by atoms with E-state index in [9.17, 15) is 13.2 Å². The predicted molar refractivity (Wildman–Crippen MR) is 113 cm³/mol. The molecule has 1 heterocycles. The number of hydrogen-bond acceptors (Lipinski definition) is 4. The molecule has 0 aliphatic carbocycles. The number of likely N-dealkylation sites (tertiary alicyclic amines) is 1. The summed E-state index contributed by atoms with van der Waals surface area (Å²) in [5.74, 6) is 0.604. The van der Waals surface area contributed by atoms with Crippen molar-refractivity contribution in [3.05, 3.63) is 53.6 Å². The van der Waals surface area contributed by atoms with Gasteiger partial charge in [0.05, 0.1) is 12.0 Å². The topological polar surface area (TPSA) is 87.7 Å². The minimum absolute atomic E-state index is 0.162. The van der Waals surface area contributed by atoms with Crippen LogP contribution < -0.4 is 14.8 Å². The summed E-state index contributed by atoms with van der Waals surface area (Å²) in [7, 11) is -2.07. The maximum absolute atomic E-state index is 12.6. The second kappa shape index (κ2) is 8.84. The molecule has 29 heavy (non-hydrogen) atoms. The van der Waals surface area contributed by atoms with Crippen molar-refractivity contribution in [1.29, 1.82) is 0 Å². The van der Waals surface area contributed by atoms with Gasteiger partial charge in [-0.15, -0.1) is 0 Å². The Kier molecular flexibility index (Phi) is 6.44. The van der Waals surface area contributed by atoms with Crippen molar-refractivity contribution in [3.8, 4) is 5.75 Å². The highest BCUT2D eigenvalue weighted by molar-refractivity contribution is 7.89. The van der Waals surface area contributed by atoms with Crippen molar-refractivity contribution in [2.75, 3.05) is 25.5 Å². The van der Waals surface area contributed by atoms with Crippen molar-refractivity contribution in [1.82, 2.24) is 9.62 Å². The zero-order chi connectivity index (χ0) is 21.0. The molecule has 3 rings (SSSR count). The number of sulfonamides is 1. The van der Waals surface area contributed by atoms with E-state index in [0.29, 0.717) is 31.7 Å². The minimum atomic E-state index is -3.60. The van der Waals surface area contributed by atoms with Crippen molar-refractivity contribution < 1.29 is 17.9 Å². The molecule has 0 radical (unpaired) electrons. The van der Waals surface area contributed by atoms with Gasteiger partial charge in [-0.05, 0) is 74.2 Å². The molecule has 0 bridgehead atoms. The van der Waals surface area contributed by atoms with Crippen LogP contribution in [0.3, 0.4) is 0 Å². The number of methoxy groups -OCH3 is 1. The van der Waals surface area contributed by atoms with Gasteiger partial charge in [-0.1, -0.05) is 6.07 Å². The Morgan fingerprint density at radius 1 is 1.03 bits per heavy atom. The zero-order valence-electron chi connectivity index (χ0n) is 16.9. The molecule has 1 aliphatic heterocycles. The van der Waals surface area contributed by atoms with Gasteiger partial charge >= 0.3 is 6.03 Å². The first-order chi connectivity index (χ1) is 13.8. The number of hydrogen-bond donors (Lipinski definition) is 2. The van der Waals surface area contributed by atoms with Gasteiger partial charge in [-0.25, -0.2) is 17.9 Å². The standard InChI is InChI=1S/C21H27N3O4S/c1-15-4-5-18(14-16(15)2)22-21(25)24-12-10-17(11-13-24)23-29(26,27)20-8-6-19(28-3)7-9-20/h4-9,14,17,23H,10-13H2,1-3H3,(H,22,25). The number of rotatable bonds is 5. The third kappa shape index (κ3) is 5.27. The first kappa shape index (κ1) is 21.1. The van der Waals surface area contributed by atoms with E-state index >= 15 is 0 Å². The van der Waals surface area contributed by atoms with E-state index in [-0.39, 0.29) is 17.0 Å². The van der Waals surface area contributed by atoms with E-state index in [1.807, 2.05) is 32.0 Å². The van der Waals surface area contributed by atoms with Gasteiger partial charge < -0.3 is 15.0 Å². The third-order valence-electron chi connectivity index (χ3n) is 5.23. The van der Waals surface area contributed by atoms with E-state index < -0.39 is 10.0 Å². The van der Waals surface area contributed by atoms with E-state index in [0.717, 1.165) is 11.3 Å². The number of carbonyl (C=O) groups is 1. The van der Waals surface area contributed by atoms with Crippen LogP contribution in [0.15, 0.2) is 47.4 Å². The summed E-state index contributed by atoms with van der Waals surface area (Å²) in [6.45, 7) is 5.02. The highest BCUT2D eigenvalue weighted by atomic mass is 32.2. The smallest absolute Gasteiger partial charge is 0.321 e. The molecule has 0 aromatic heterocycles. The van der Waals surface area contributed by atoms with Crippen LogP contribution in [0, 0.1) is 13.8 Å². The molecule has 7 nitrogen and oxygen atoms in total. The van der Waals surface area contributed by atoms with Crippen LogP contribution in [-0.4, -0.2) is 45.6 Å². The van der Waals surface area contributed by atoms with E-state index in [4.69, 9.17) is 4.74 Å². The average molecular weight is 418 g/mol. The number of benzene rings is 2. The molecule has 1 aliphatic rings. The minimum Gasteiger partial charge on any atom is -0.497 e. The number of aryl methyl sites for hydroxylation is 2. The fourth-order valence-corrected chi connectivity index (χ4v) is 4.57. The van der Waals surface area contributed by atoms with Crippen LogP contribution in [0.25, 0.3) is 0 Å². The lowest BCUT2D eigenvalue weighted by molar-refractivity contribution is 0.193. The molecule has 2 aromatic rings. The fourth-order valence-electron chi connectivity index (χ4n) is 3.26. The van der Waals surface area contributed by atoms with Gasteiger partial charge in [0.25, 0.3) is 0 Å². The number of piperidine rings is 1. The monoisotopic (exact) mass is 417 g/mol. The van der Waals surface area contributed by atoms with Crippen molar-refractivity contribution in [2.24, 2.45) is 0 Å². The van der Waals surface area contributed by atoms with Gasteiger partial charge in [-0.2, -0.15) is 0 Å². The summed E-state index contributed by atoms with van der Waals surface area (Å²) >= 11 is 0. The first-order valence-electron chi connectivity index (χ1n) is 9.58. The Labute approximate surface area is 172 Å². The van der Waals surface area contributed by atoms with Crippen LogP contribution >= 0.6 is 0 Å². The summed E-state index contributed by atoms with van der Waals surface area (Å²) in [6, 6.07) is 11.7. The second-order valence-electron chi connectivity index (χ2n) is 7.29. The Morgan fingerprint density at radius 2 is 1.69 bits per heavy atom. The SMILES string of the molecule is COc1ccc(S(=O)(=O)NC2CCN(C(=O)Nc3ccc(C)c(C)c3)CC2)cc1. The molecule has 0 spiro atoms. The number of ether oxygens (including phenoxy) is 1. The van der Waals surface area contributed by atoms with Crippen molar-refractivity contribution in [3.63, 3.8) is 0 Å². The van der Waals surface area contributed by atoms with Gasteiger partial charge in [0, 0.05) is 24.8 Å². The number of carbonyl (C=O) groups excluding carboxylic acids is 1. The van der Waals surface area contributed by atoms with Crippen molar-refractivity contribution in [2.45, 2.75) is 37.6 Å². The zero-order valence-corrected chi connectivity index (χ0v) is 17.8. The normalized spacial score (nSPS) is 15.2. The largest absolute Gasteiger partial charge is 0.497 e. The summed E-state index contributed by atoms with van der Waals surface area (Å²) in [5, 5.41) is 2.92. The Balaban J connectivity index is 1.54. The van der Waals surface area contributed by atoms with Crippen LogP contribution in [0.2, 0.25) is 0 Å². The van der Waals surface area contributed by atoms with E-state index in [1.54, 1.807) is 17.0 Å². The van der Waals surface area contributed by atoms with Gasteiger partial charge in [0.1, 0.15) is 5.75 Å². The van der Waals surface area contributed by atoms with Gasteiger partial charge in [0.15, 0.2) is 0 Å². The summed E-state index contributed by atoms with van der Waals surface area (Å²) < 4.78 is 32.9. The lowest BCUT2D eigenvalue weighted by atomic mass is 10.1. The van der Waals surface area contributed by atoms with Crippen LogP contribution in [0.1, 0.15) is 24.0 Å². The quantitative estimate of drug-likeness (QED) is 0.781. The lowest BCUT2D eigenvalue weighted by Crippen LogP contribution is -2.47. The molecule has 1 fully saturated rings. The molecule has 2 aromatic carbocycles. The fraction of sp³-hybridized carbons (Fsp3) is 0.381. The predicted octanol–water partition coefficient (Wildman–Crippen LogP) is 3.29. The highest BCUT2D eigenvalue weighted by Gasteiger charge is 2.26. The average Bonchev–Trinajstić information content (AvgIpc) is 2.71. The Hall–Kier alpha value is -2.58. The van der Waals surface area contributed by atoms with Crippen LogP contribution in [-0.2, 0) is 10.0 Å². The van der Waals surface area contributed by atoms with Crippen LogP contribution in [0.4, 0.5) is 10.5 Å². The third-order valence-corrected chi connectivity index (χ3v) is 6.77. The van der Waals surface area contributed by atoms with E-state index in [1.165, 1.54) is 24.8 Å². The molecule has 2 N–H and O–H groups in total. The molecular formula is C21H27N3O4S. The summed E-state index contributed by atoms with van der Waals surface area (Å²) in [6.07, 6.45) is 1.13. The Morgan fingerprint density at radius 3 is 2.28 bits per heavy atom. The second-order valence-corrected chi connectivity index (χ2v) is 9.00. The Bertz CT molecular complexity index is 966. The molecule has 0 unspecified atom stereocenters. The van der Waals surface area contributed by atoms with E-state index in [2.05, 4.69) is 10.0 Å². The van der Waals surface area contributed by atoms with Gasteiger partial charge in [0.2, 0.25) is 10.0 Å². The highest BCUT2D eigenvalue weighted by Crippen LogP contribution is 2.19. The molecule has 8 heteroatoms. The number of urea groups is 1. The molecule has 156 valence electrons. The molecule has 1 saturated heterocycles. The molecule has 2 amide bonds. The maximum atomic E-state index is 12.6. The lowest BCUT2D eigenvalue weighted by Gasteiger charge is -2.32. The number of anilines is 1. The van der Waals surface area contributed by atoms with Gasteiger partial charge in [-0.3, -0.25) is 0 Å². The number of amides is 2. The summed E-state index contributed by atoms with van der Waals surface area (Å²) in [4.78, 5) is 14.4. The molecule has 0 saturated carbocycles. The van der Waals surface area contributed by atoms with Crippen LogP contribution in [0.5, 0.6) is 5.75 Å². The number of nitrogens with one attached hydrogen (secondary N) is 2.